The average molecular weight is 339 g/mol. The van der Waals surface area contributed by atoms with Gasteiger partial charge in [0.15, 0.2) is 0 Å². The third-order valence-electron chi connectivity index (χ3n) is 3.38. The number of nitrogens with one attached hydrogen (secondary N) is 1. The van der Waals surface area contributed by atoms with Crippen LogP contribution in [0.25, 0.3) is 0 Å². The summed E-state index contributed by atoms with van der Waals surface area (Å²) < 4.78 is 67.7. The molecule has 0 saturated carbocycles. The van der Waals surface area contributed by atoms with Crippen molar-refractivity contribution >= 4 is 5.91 Å². The van der Waals surface area contributed by atoms with E-state index in [2.05, 4.69) is 0 Å². The third-order valence-corrected chi connectivity index (χ3v) is 3.38. The highest BCUT2D eigenvalue weighted by molar-refractivity contribution is 5.84. The van der Waals surface area contributed by atoms with Crippen molar-refractivity contribution in [1.29, 1.82) is 0 Å². The van der Waals surface area contributed by atoms with Crippen LogP contribution < -0.4 is 10.1 Å². The molecule has 130 valence electrons. The predicted octanol–water partition coefficient (Wildman–Crippen LogP) is 3.64. The lowest BCUT2D eigenvalue weighted by molar-refractivity contribution is -0.270. The van der Waals surface area contributed by atoms with Crippen molar-refractivity contribution in [3.8, 4) is 5.75 Å². The number of hydrogen-bond donors (Lipinski definition) is 1. The predicted molar refractivity (Wildman–Crippen MR) is 74.7 cm³/mol. The molecule has 1 N–H and O–H groups in total. The number of hydrogen-bond acceptors (Lipinski definition) is 2. The van der Waals surface area contributed by atoms with Crippen molar-refractivity contribution in [2.45, 2.75) is 44.8 Å². The molecule has 0 aromatic heterocycles. The average Bonchev–Trinajstić information content (AvgIpc) is 2.46. The summed E-state index contributed by atoms with van der Waals surface area (Å²) in [5.41, 5.74) is 1.52. The van der Waals surface area contributed by atoms with Crippen molar-refractivity contribution in [1.82, 2.24) is 5.32 Å². The highest BCUT2D eigenvalue weighted by Gasteiger charge is 2.63. The highest BCUT2D eigenvalue weighted by Crippen LogP contribution is 2.35. The molecule has 1 aromatic rings. The van der Waals surface area contributed by atoms with Crippen molar-refractivity contribution in [2.24, 2.45) is 0 Å². The van der Waals surface area contributed by atoms with Crippen LogP contribution >= 0.6 is 0 Å². The molecule has 0 aliphatic rings. The first-order valence-electron chi connectivity index (χ1n) is 6.92. The van der Waals surface area contributed by atoms with Crippen molar-refractivity contribution in [3.63, 3.8) is 0 Å². The Bertz CT molecular complexity index is 557. The van der Waals surface area contributed by atoms with Crippen molar-refractivity contribution < 1.29 is 31.5 Å². The number of methoxy groups -OCH3 is 1. The minimum absolute atomic E-state index is 0.0830. The van der Waals surface area contributed by atoms with Gasteiger partial charge in [0.2, 0.25) is 0 Å². The van der Waals surface area contributed by atoms with Crippen LogP contribution in [0.1, 0.15) is 24.5 Å². The van der Waals surface area contributed by atoms with Crippen LogP contribution in [-0.4, -0.2) is 31.2 Å². The number of alkyl halides is 5. The van der Waals surface area contributed by atoms with E-state index in [1.165, 1.54) is 7.11 Å². The molecule has 3 nitrogen and oxygen atoms in total. The van der Waals surface area contributed by atoms with Crippen LogP contribution in [-0.2, 0) is 11.2 Å². The second-order valence-corrected chi connectivity index (χ2v) is 5.17. The molecule has 1 unspecified atom stereocenters. The topological polar surface area (TPSA) is 38.3 Å². The SMILES string of the molecule is CCC(Cc1ccc(C)cc1OC)NC(=O)C(F)(F)C(F)(F)F. The zero-order valence-corrected chi connectivity index (χ0v) is 12.9. The van der Waals surface area contributed by atoms with Crippen molar-refractivity contribution in [3.05, 3.63) is 29.3 Å². The molecular weight excluding hydrogens is 321 g/mol. The summed E-state index contributed by atoms with van der Waals surface area (Å²) in [4.78, 5) is 11.3. The molecule has 8 heteroatoms. The summed E-state index contributed by atoms with van der Waals surface area (Å²) in [7, 11) is 1.43. The Hall–Kier alpha value is -1.86. The van der Waals surface area contributed by atoms with Gasteiger partial charge in [0.1, 0.15) is 5.75 Å². The number of halogens is 5. The van der Waals surface area contributed by atoms with Crippen LogP contribution in [0.15, 0.2) is 18.2 Å². The van der Waals surface area contributed by atoms with Gasteiger partial charge < -0.3 is 10.1 Å². The normalized spacial score (nSPS) is 13.6. The van der Waals surface area contributed by atoms with E-state index >= 15 is 0 Å². The number of carbonyl (C=O) groups excluding carboxylic acids is 1. The Morgan fingerprint density at radius 3 is 2.35 bits per heavy atom. The largest absolute Gasteiger partial charge is 0.496 e. The van der Waals surface area contributed by atoms with E-state index < -0.39 is 24.0 Å². The Kier molecular flexibility index (Phi) is 5.96. The van der Waals surface area contributed by atoms with Gasteiger partial charge in [-0.15, -0.1) is 0 Å². The molecular formula is C15H18F5NO2. The number of rotatable bonds is 6. The Balaban J connectivity index is 2.89. The number of aryl methyl sites for hydroxylation is 1. The van der Waals surface area contributed by atoms with E-state index in [0.717, 1.165) is 5.56 Å². The minimum Gasteiger partial charge on any atom is -0.496 e. The molecule has 1 aromatic carbocycles. The summed E-state index contributed by atoms with van der Waals surface area (Å²) in [6, 6.07) is 4.29. The first-order chi connectivity index (χ1) is 10.5. The zero-order valence-electron chi connectivity index (χ0n) is 12.9. The molecule has 0 radical (unpaired) electrons. The monoisotopic (exact) mass is 339 g/mol. The Morgan fingerprint density at radius 1 is 1.26 bits per heavy atom. The maximum atomic E-state index is 13.0. The van der Waals surface area contributed by atoms with Gasteiger partial charge in [-0.3, -0.25) is 4.79 Å². The number of amides is 1. The van der Waals surface area contributed by atoms with Crippen LogP contribution in [0.2, 0.25) is 0 Å². The smallest absolute Gasteiger partial charge is 0.463 e. The van der Waals surface area contributed by atoms with E-state index in [0.29, 0.717) is 11.3 Å². The van der Waals surface area contributed by atoms with E-state index in [1.807, 2.05) is 6.92 Å². The molecule has 23 heavy (non-hydrogen) atoms. The molecule has 0 fully saturated rings. The molecule has 0 bridgehead atoms. The molecule has 0 heterocycles. The van der Waals surface area contributed by atoms with E-state index in [1.54, 1.807) is 30.4 Å². The van der Waals surface area contributed by atoms with Crippen LogP contribution in [0.3, 0.4) is 0 Å². The van der Waals surface area contributed by atoms with Crippen molar-refractivity contribution in [2.75, 3.05) is 7.11 Å². The lowest BCUT2D eigenvalue weighted by Crippen LogP contribution is -2.53. The molecule has 1 rings (SSSR count). The van der Waals surface area contributed by atoms with Gasteiger partial charge in [0, 0.05) is 6.04 Å². The summed E-state index contributed by atoms with van der Waals surface area (Å²) >= 11 is 0. The molecule has 0 aliphatic heterocycles. The number of ether oxygens (including phenoxy) is 1. The molecule has 1 atom stereocenters. The summed E-state index contributed by atoms with van der Waals surface area (Å²) in [6.45, 7) is 3.41. The Labute approximate surface area is 130 Å². The molecule has 1 amide bonds. The van der Waals surface area contributed by atoms with E-state index in [4.69, 9.17) is 4.74 Å². The Morgan fingerprint density at radius 2 is 1.87 bits per heavy atom. The van der Waals surface area contributed by atoms with Crippen LogP contribution in [0.5, 0.6) is 5.75 Å². The molecule has 0 aliphatic carbocycles. The first kappa shape index (κ1) is 19.2. The van der Waals surface area contributed by atoms with E-state index in [-0.39, 0.29) is 12.8 Å². The number of carbonyl (C=O) groups is 1. The fourth-order valence-corrected chi connectivity index (χ4v) is 1.99. The summed E-state index contributed by atoms with van der Waals surface area (Å²) in [5.74, 6) is -7.28. The van der Waals surface area contributed by atoms with Gasteiger partial charge in [0.25, 0.3) is 0 Å². The van der Waals surface area contributed by atoms with Crippen LogP contribution in [0.4, 0.5) is 22.0 Å². The van der Waals surface area contributed by atoms with Gasteiger partial charge in [-0.25, -0.2) is 0 Å². The minimum atomic E-state index is -5.92. The van der Waals surface area contributed by atoms with Crippen LogP contribution in [0, 0.1) is 6.92 Å². The molecule has 0 saturated heterocycles. The fraction of sp³-hybridized carbons (Fsp3) is 0.533. The fourth-order valence-electron chi connectivity index (χ4n) is 1.99. The highest BCUT2D eigenvalue weighted by atomic mass is 19.4. The first-order valence-corrected chi connectivity index (χ1v) is 6.92. The number of benzene rings is 1. The third kappa shape index (κ3) is 4.56. The lowest BCUT2D eigenvalue weighted by Gasteiger charge is -2.23. The maximum Gasteiger partial charge on any atom is 0.463 e. The van der Waals surface area contributed by atoms with Gasteiger partial charge >= 0.3 is 18.0 Å². The summed E-state index contributed by atoms with van der Waals surface area (Å²) in [6.07, 6.45) is -5.65. The maximum absolute atomic E-state index is 13.0. The van der Waals surface area contributed by atoms with Gasteiger partial charge in [-0.1, -0.05) is 19.1 Å². The van der Waals surface area contributed by atoms with Gasteiger partial charge in [-0.2, -0.15) is 22.0 Å². The quantitative estimate of drug-likeness (QED) is 0.804. The van der Waals surface area contributed by atoms with E-state index in [9.17, 15) is 26.7 Å². The second kappa shape index (κ2) is 7.14. The molecule has 0 spiro atoms. The van der Waals surface area contributed by atoms with Gasteiger partial charge in [0.05, 0.1) is 7.11 Å². The van der Waals surface area contributed by atoms with Gasteiger partial charge in [-0.05, 0) is 37.0 Å². The summed E-state index contributed by atoms with van der Waals surface area (Å²) in [5, 5.41) is 1.76. The zero-order chi connectivity index (χ0) is 17.8. The second-order valence-electron chi connectivity index (χ2n) is 5.17. The lowest BCUT2D eigenvalue weighted by atomic mass is 10.0. The standard InChI is InChI=1S/C15H18F5NO2/c1-4-11(21-13(22)14(16,17)15(18,19)20)8-10-6-5-9(2)7-12(10)23-3/h5-7,11H,4,8H2,1-3H3,(H,21,22).